The molecule has 0 spiro atoms. The number of hydrogen-bond acceptors (Lipinski definition) is 4. The Morgan fingerprint density at radius 3 is 2.67 bits per heavy atom. The molecule has 6 heteroatoms. The van der Waals surface area contributed by atoms with Crippen molar-refractivity contribution >= 4 is 17.3 Å². The second kappa shape index (κ2) is 8.81. The Kier molecular flexibility index (Phi) is 7.04. The lowest BCUT2D eigenvalue weighted by Gasteiger charge is -2.34. The van der Waals surface area contributed by atoms with Gasteiger partial charge < -0.3 is 15.0 Å². The molecule has 0 unspecified atom stereocenters. The number of thiazole rings is 1. The van der Waals surface area contributed by atoms with Gasteiger partial charge in [-0.3, -0.25) is 4.99 Å². The molecule has 0 bridgehead atoms. The summed E-state index contributed by atoms with van der Waals surface area (Å²) in [6, 6.07) is 0. The van der Waals surface area contributed by atoms with Crippen LogP contribution < -0.4 is 5.32 Å². The zero-order valence-corrected chi connectivity index (χ0v) is 16.6. The lowest BCUT2D eigenvalue weighted by molar-refractivity contribution is 0.0264. The minimum Gasteiger partial charge on any atom is -0.378 e. The first-order valence-electron chi connectivity index (χ1n) is 8.96. The van der Waals surface area contributed by atoms with Crippen molar-refractivity contribution in [2.75, 3.05) is 33.3 Å². The number of aromatic nitrogens is 1. The average molecular weight is 353 g/mol. The van der Waals surface area contributed by atoms with E-state index >= 15 is 0 Å². The van der Waals surface area contributed by atoms with Crippen molar-refractivity contribution < 1.29 is 4.74 Å². The quantitative estimate of drug-likeness (QED) is 0.654. The van der Waals surface area contributed by atoms with Gasteiger partial charge in [-0.25, -0.2) is 4.98 Å². The average Bonchev–Trinajstić information content (AvgIpc) is 3.02. The van der Waals surface area contributed by atoms with Crippen molar-refractivity contribution in [1.82, 2.24) is 15.2 Å². The van der Waals surface area contributed by atoms with Crippen molar-refractivity contribution in [3.63, 3.8) is 0 Å². The molecular formula is C18H32N4OS. The third kappa shape index (κ3) is 5.45. The maximum absolute atomic E-state index is 5.72. The van der Waals surface area contributed by atoms with E-state index in [0.29, 0.717) is 6.10 Å². The number of rotatable bonds is 5. The van der Waals surface area contributed by atoms with Gasteiger partial charge in [0.05, 0.1) is 16.8 Å². The first-order valence-corrected chi connectivity index (χ1v) is 9.84. The van der Waals surface area contributed by atoms with Crippen LogP contribution in [0.15, 0.2) is 10.4 Å². The van der Waals surface area contributed by atoms with Crippen LogP contribution in [-0.2, 0) is 16.6 Å². The van der Waals surface area contributed by atoms with Crippen molar-refractivity contribution in [3.8, 4) is 0 Å². The summed E-state index contributed by atoms with van der Waals surface area (Å²) in [5.74, 6) is 0.998. The molecule has 1 aliphatic rings. The van der Waals surface area contributed by atoms with E-state index in [2.05, 4.69) is 48.3 Å². The van der Waals surface area contributed by atoms with Crippen LogP contribution in [0.3, 0.4) is 0 Å². The highest BCUT2D eigenvalue weighted by Crippen LogP contribution is 2.23. The number of ether oxygens (including phenoxy) is 1. The van der Waals surface area contributed by atoms with Crippen LogP contribution in [0, 0.1) is 0 Å². The fraction of sp³-hybridized carbons (Fsp3) is 0.778. The molecule has 1 aromatic rings. The van der Waals surface area contributed by atoms with Crippen LogP contribution in [0.4, 0.5) is 0 Å². The third-order valence-corrected chi connectivity index (χ3v) is 5.21. The number of piperidine rings is 1. The second-order valence-electron chi connectivity index (χ2n) is 7.24. The van der Waals surface area contributed by atoms with Gasteiger partial charge in [-0.15, -0.1) is 11.3 Å². The molecule has 1 saturated heterocycles. The summed E-state index contributed by atoms with van der Waals surface area (Å²) in [7, 11) is 1.86. The van der Waals surface area contributed by atoms with Crippen molar-refractivity contribution in [2.24, 2.45) is 4.99 Å². The minimum absolute atomic E-state index is 0.128. The number of nitrogens with zero attached hydrogens (tertiary/aromatic N) is 3. The van der Waals surface area contributed by atoms with Gasteiger partial charge in [0.2, 0.25) is 0 Å². The van der Waals surface area contributed by atoms with Gasteiger partial charge in [0.25, 0.3) is 0 Å². The zero-order chi connectivity index (χ0) is 17.6. The van der Waals surface area contributed by atoms with Crippen molar-refractivity contribution in [3.05, 3.63) is 16.1 Å². The standard InChI is InChI=1S/C18H32N4OS/c1-6-23-14-8-11-22(12-9-14)17(19-5)20-10-7-16-21-15(13-24-16)18(2,3)4/h13-14H,6-12H2,1-5H3,(H,19,20). The van der Waals surface area contributed by atoms with Gasteiger partial charge in [-0.1, -0.05) is 20.8 Å². The lowest BCUT2D eigenvalue weighted by atomic mass is 9.93. The minimum atomic E-state index is 0.128. The van der Waals surface area contributed by atoms with Crippen LogP contribution in [0.5, 0.6) is 0 Å². The summed E-state index contributed by atoms with van der Waals surface area (Å²) in [6.45, 7) is 12.4. The van der Waals surface area contributed by atoms with Crippen LogP contribution in [0.25, 0.3) is 0 Å². The molecule has 2 heterocycles. The number of guanidine groups is 1. The van der Waals surface area contributed by atoms with Gasteiger partial charge in [-0.05, 0) is 19.8 Å². The predicted octanol–water partition coefficient (Wildman–Crippen LogP) is 3.06. The molecule has 1 aliphatic heterocycles. The van der Waals surface area contributed by atoms with E-state index in [1.165, 1.54) is 10.7 Å². The van der Waals surface area contributed by atoms with Crippen molar-refractivity contribution in [2.45, 2.75) is 58.5 Å². The summed E-state index contributed by atoms with van der Waals surface area (Å²) in [5, 5.41) is 6.86. The summed E-state index contributed by atoms with van der Waals surface area (Å²) in [4.78, 5) is 11.5. The summed E-state index contributed by atoms with van der Waals surface area (Å²) < 4.78 is 5.72. The Hall–Kier alpha value is -1.14. The summed E-state index contributed by atoms with van der Waals surface area (Å²) in [5.41, 5.74) is 1.31. The van der Waals surface area contributed by atoms with Gasteiger partial charge in [0.1, 0.15) is 0 Å². The second-order valence-corrected chi connectivity index (χ2v) is 8.18. The molecule has 0 aromatic carbocycles. The van der Waals surface area contributed by atoms with E-state index in [1.807, 2.05) is 7.05 Å². The highest BCUT2D eigenvalue weighted by Gasteiger charge is 2.21. The van der Waals surface area contributed by atoms with Gasteiger partial charge in [-0.2, -0.15) is 0 Å². The number of likely N-dealkylation sites (tertiary alicyclic amines) is 1. The smallest absolute Gasteiger partial charge is 0.193 e. The first-order chi connectivity index (χ1) is 11.4. The monoisotopic (exact) mass is 352 g/mol. The Labute approximate surface area is 150 Å². The van der Waals surface area contributed by atoms with E-state index in [4.69, 9.17) is 9.72 Å². The molecule has 136 valence electrons. The van der Waals surface area contributed by atoms with Crippen LogP contribution in [0.2, 0.25) is 0 Å². The topological polar surface area (TPSA) is 49.8 Å². The highest BCUT2D eigenvalue weighted by molar-refractivity contribution is 7.09. The van der Waals surface area contributed by atoms with E-state index in [-0.39, 0.29) is 5.41 Å². The summed E-state index contributed by atoms with van der Waals surface area (Å²) in [6.07, 6.45) is 3.51. The van der Waals surface area contributed by atoms with E-state index in [1.54, 1.807) is 11.3 Å². The molecule has 2 rings (SSSR count). The molecule has 0 atom stereocenters. The molecule has 1 N–H and O–H groups in total. The Morgan fingerprint density at radius 2 is 2.12 bits per heavy atom. The van der Waals surface area contributed by atoms with Gasteiger partial charge >= 0.3 is 0 Å². The van der Waals surface area contributed by atoms with Crippen LogP contribution in [0.1, 0.15) is 51.2 Å². The van der Waals surface area contributed by atoms with E-state index in [9.17, 15) is 0 Å². The highest BCUT2D eigenvalue weighted by atomic mass is 32.1. The Bertz CT molecular complexity index is 527. The molecule has 24 heavy (non-hydrogen) atoms. The van der Waals surface area contributed by atoms with E-state index < -0.39 is 0 Å². The van der Waals surface area contributed by atoms with Gasteiger partial charge in [0.15, 0.2) is 5.96 Å². The molecule has 1 fully saturated rings. The fourth-order valence-electron chi connectivity index (χ4n) is 2.85. The predicted molar refractivity (Wildman–Crippen MR) is 102 cm³/mol. The Balaban J connectivity index is 1.77. The van der Waals surface area contributed by atoms with Crippen molar-refractivity contribution in [1.29, 1.82) is 0 Å². The maximum Gasteiger partial charge on any atom is 0.193 e. The molecule has 0 saturated carbocycles. The largest absolute Gasteiger partial charge is 0.378 e. The van der Waals surface area contributed by atoms with Crippen LogP contribution >= 0.6 is 11.3 Å². The number of aliphatic imine (C=N–C) groups is 1. The third-order valence-electron chi connectivity index (χ3n) is 4.30. The normalized spacial score (nSPS) is 17.4. The lowest BCUT2D eigenvalue weighted by Crippen LogP contribution is -2.47. The number of nitrogens with one attached hydrogen (secondary N) is 1. The molecular weight excluding hydrogens is 320 g/mol. The molecule has 1 aromatic heterocycles. The molecule has 5 nitrogen and oxygen atoms in total. The molecule has 0 radical (unpaired) electrons. The fourth-order valence-corrected chi connectivity index (χ4v) is 3.88. The van der Waals surface area contributed by atoms with E-state index in [0.717, 1.165) is 51.5 Å². The van der Waals surface area contributed by atoms with Gasteiger partial charge in [0, 0.05) is 50.5 Å². The van der Waals surface area contributed by atoms with Crippen LogP contribution in [-0.4, -0.2) is 55.2 Å². The summed E-state index contributed by atoms with van der Waals surface area (Å²) >= 11 is 1.76. The molecule has 0 aliphatic carbocycles. The molecule has 0 amide bonds. The first kappa shape index (κ1) is 19.2. The Morgan fingerprint density at radius 1 is 1.42 bits per heavy atom. The maximum atomic E-state index is 5.72. The SMILES string of the molecule is CCOC1CCN(C(=NC)NCCc2nc(C(C)(C)C)cs2)CC1. The zero-order valence-electron chi connectivity index (χ0n) is 15.8. The number of hydrogen-bond donors (Lipinski definition) is 1.